The van der Waals surface area contributed by atoms with Crippen molar-refractivity contribution in [1.82, 2.24) is 29.4 Å². The number of likely N-dealkylation sites (tertiary alicyclic amines) is 1. The van der Waals surface area contributed by atoms with Crippen LogP contribution in [-0.2, 0) is 13.6 Å². The Morgan fingerprint density at radius 2 is 2.07 bits per heavy atom. The standard InChI is InChI=1S/C22H26N6O/c1-26-18-6-3-2-5-16(18)19(25-26)21(29)27-12-17(22(13-27)9-4-10-22)20-24-23-14-28(20)11-15-7-8-15/h2-3,5-6,14-15,17H,4,7-13H2,1H3. The molecule has 0 radical (unpaired) electrons. The minimum Gasteiger partial charge on any atom is -0.336 e. The highest BCUT2D eigenvalue weighted by molar-refractivity contribution is 6.05. The van der Waals surface area contributed by atoms with Crippen LogP contribution in [0.3, 0.4) is 0 Å². The van der Waals surface area contributed by atoms with Crippen molar-refractivity contribution >= 4 is 16.8 Å². The number of para-hydroxylation sites is 1. The zero-order chi connectivity index (χ0) is 19.6. The molecule has 2 aromatic heterocycles. The fourth-order valence-corrected chi connectivity index (χ4v) is 5.39. The van der Waals surface area contributed by atoms with Crippen LogP contribution in [0.4, 0.5) is 0 Å². The minimum absolute atomic E-state index is 0.0452. The highest BCUT2D eigenvalue weighted by Gasteiger charge is 2.54. The van der Waals surface area contributed by atoms with E-state index >= 15 is 0 Å². The van der Waals surface area contributed by atoms with Crippen LogP contribution >= 0.6 is 0 Å². The molecular weight excluding hydrogens is 364 g/mol. The molecule has 1 unspecified atom stereocenters. The summed E-state index contributed by atoms with van der Waals surface area (Å²) in [4.78, 5) is 15.5. The number of amides is 1. The van der Waals surface area contributed by atoms with E-state index in [4.69, 9.17) is 0 Å². The van der Waals surface area contributed by atoms with Gasteiger partial charge in [0.2, 0.25) is 0 Å². The van der Waals surface area contributed by atoms with E-state index in [0.29, 0.717) is 12.2 Å². The molecule has 7 nitrogen and oxygen atoms in total. The molecule has 29 heavy (non-hydrogen) atoms. The first kappa shape index (κ1) is 17.2. The molecule has 1 aromatic carbocycles. The van der Waals surface area contributed by atoms with Crippen molar-refractivity contribution in [2.75, 3.05) is 13.1 Å². The average Bonchev–Trinajstić information content (AvgIpc) is 3.12. The summed E-state index contributed by atoms with van der Waals surface area (Å²) < 4.78 is 4.06. The molecule has 1 saturated heterocycles. The summed E-state index contributed by atoms with van der Waals surface area (Å²) in [7, 11) is 1.90. The SMILES string of the molecule is Cn1nc(C(=O)N2CC(c3nncn3CC3CC3)C3(CCC3)C2)c2ccccc21. The zero-order valence-corrected chi connectivity index (χ0v) is 16.8. The molecule has 3 heterocycles. The summed E-state index contributed by atoms with van der Waals surface area (Å²) in [5, 5.41) is 14.3. The van der Waals surface area contributed by atoms with Crippen molar-refractivity contribution in [2.24, 2.45) is 18.4 Å². The largest absolute Gasteiger partial charge is 0.336 e. The number of carbonyl (C=O) groups excluding carboxylic acids is 1. The van der Waals surface area contributed by atoms with E-state index in [1.165, 1.54) is 32.1 Å². The van der Waals surface area contributed by atoms with E-state index in [1.54, 1.807) is 0 Å². The van der Waals surface area contributed by atoms with Gasteiger partial charge in [-0.3, -0.25) is 9.48 Å². The first-order valence-corrected chi connectivity index (χ1v) is 10.7. The number of nitrogens with zero attached hydrogens (tertiary/aromatic N) is 6. The van der Waals surface area contributed by atoms with E-state index in [0.717, 1.165) is 35.7 Å². The highest BCUT2D eigenvalue weighted by Crippen LogP contribution is 2.55. The quantitative estimate of drug-likeness (QED) is 0.687. The second-order valence-corrected chi connectivity index (χ2v) is 9.23. The minimum atomic E-state index is 0.0452. The molecule has 6 rings (SSSR count). The number of aryl methyl sites for hydroxylation is 1. The first-order chi connectivity index (χ1) is 14.1. The molecule has 1 atom stereocenters. The second kappa shape index (κ2) is 6.15. The topological polar surface area (TPSA) is 68.8 Å². The monoisotopic (exact) mass is 390 g/mol. The molecule has 150 valence electrons. The highest BCUT2D eigenvalue weighted by atomic mass is 16.2. The fraction of sp³-hybridized carbons (Fsp3) is 0.545. The van der Waals surface area contributed by atoms with Crippen molar-refractivity contribution in [3.63, 3.8) is 0 Å². The maximum Gasteiger partial charge on any atom is 0.275 e. The number of hydrogen-bond donors (Lipinski definition) is 0. The van der Waals surface area contributed by atoms with Crippen LogP contribution in [0.5, 0.6) is 0 Å². The molecule has 7 heteroatoms. The van der Waals surface area contributed by atoms with Gasteiger partial charge in [-0.15, -0.1) is 10.2 Å². The molecular formula is C22H26N6O. The lowest BCUT2D eigenvalue weighted by Crippen LogP contribution is -2.38. The number of benzene rings is 1. The Bertz CT molecular complexity index is 1090. The van der Waals surface area contributed by atoms with E-state index in [-0.39, 0.29) is 17.2 Å². The van der Waals surface area contributed by atoms with Gasteiger partial charge >= 0.3 is 0 Å². The maximum atomic E-state index is 13.5. The Morgan fingerprint density at radius 3 is 2.83 bits per heavy atom. The summed E-state index contributed by atoms with van der Waals surface area (Å²) in [5.41, 5.74) is 1.72. The van der Waals surface area contributed by atoms with Gasteiger partial charge in [-0.05, 0) is 43.1 Å². The second-order valence-electron chi connectivity index (χ2n) is 9.23. The number of rotatable bonds is 4. The van der Waals surface area contributed by atoms with Crippen molar-refractivity contribution in [2.45, 2.75) is 44.6 Å². The smallest absolute Gasteiger partial charge is 0.275 e. The van der Waals surface area contributed by atoms with E-state index in [2.05, 4.69) is 19.9 Å². The lowest BCUT2D eigenvalue weighted by atomic mass is 9.62. The Kier molecular flexibility index (Phi) is 3.64. The van der Waals surface area contributed by atoms with Crippen molar-refractivity contribution in [1.29, 1.82) is 0 Å². The van der Waals surface area contributed by atoms with E-state index in [1.807, 2.05) is 47.2 Å². The van der Waals surface area contributed by atoms with Crippen molar-refractivity contribution in [3.05, 3.63) is 42.1 Å². The number of hydrogen-bond acceptors (Lipinski definition) is 4. The Labute approximate surface area is 169 Å². The number of carbonyl (C=O) groups is 1. The Morgan fingerprint density at radius 1 is 1.24 bits per heavy atom. The molecule has 1 aliphatic heterocycles. The van der Waals surface area contributed by atoms with Crippen LogP contribution in [0.15, 0.2) is 30.6 Å². The Hall–Kier alpha value is -2.70. The zero-order valence-electron chi connectivity index (χ0n) is 16.8. The van der Waals surface area contributed by atoms with E-state index < -0.39 is 0 Å². The van der Waals surface area contributed by atoms with Crippen LogP contribution in [0.25, 0.3) is 10.9 Å². The van der Waals surface area contributed by atoms with Gasteiger partial charge in [-0.1, -0.05) is 24.6 Å². The van der Waals surface area contributed by atoms with Gasteiger partial charge in [0.25, 0.3) is 5.91 Å². The molecule has 3 aromatic rings. The van der Waals surface area contributed by atoms with Gasteiger partial charge in [0, 0.05) is 38.0 Å². The molecule has 3 fully saturated rings. The maximum absolute atomic E-state index is 13.5. The lowest BCUT2D eigenvalue weighted by molar-refractivity contribution is 0.0718. The van der Waals surface area contributed by atoms with Gasteiger partial charge in [-0.2, -0.15) is 5.10 Å². The molecule has 2 aliphatic carbocycles. The van der Waals surface area contributed by atoms with Crippen LogP contribution < -0.4 is 0 Å². The molecule has 0 bridgehead atoms. The molecule has 0 N–H and O–H groups in total. The lowest BCUT2D eigenvalue weighted by Gasteiger charge is -2.42. The fourth-order valence-electron chi connectivity index (χ4n) is 5.39. The van der Waals surface area contributed by atoms with E-state index in [9.17, 15) is 4.79 Å². The van der Waals surface area contributed by atoms with Crippen LogP contribution in [0.2, 0.25) is 0 Å². The predicted molar refractivity (Wildman–Crippen MR) is 108 cm³/mol. The molecule has 2 saturated carbocycles. The number of fused-ring (bicyclic) bond motifs is 1. The predicted octanol–water partition coefficient (Wildman–Crippen LogP) is 2.98. The third-order valence-electron chi connectivity index (χ3n) is 7.35. The van der Waals surface area contributed by atoms with Gasteiger partial charge < -0.3 is 9.47 Å². The van der Waals surface area contributed by atoms with Crippen LogP contribution in [0, 0.1) is 11.3 Å². The normalized spacial score (nSPS) is 23.1. The van der Waals surface area contributed by atoms with Gasteiger partial charge in [-0.25, -0.2) is 0 Å². The first-order valence-electron chi connectivity index (χ1n) is 10.7. The summed E-state index contributed by atoms with van der Waals surface area (Å²) >= 11 is 0. The summed E-state index contributed by atoms with van der Waals surface area (Å²) in [6.45, 7) is 2.54. The van der Waals surface area contributed by atoms with Gasteiger partial charge in [0.1, 0.15) is 12.2 Å². The van der Waals surface area contributed by atoms with Crippen molar-refractivity contribution in [3.8, 4) is 0 Å². The van der Waals surface area contributed by atoms with Gasteiger partial charge in [0.15, 0.2) is 5.69 Å². The van der Waals surface area contributed by atoms with Gasteiger partial charge in [0.05, 0.1) is 5.52 Å². The molecule has 1 amide bonds. The van der Waals surface area contributed by atoms with Crippen LogP contribution in [-0.4, -0.2) is 48.4 Å². The van der Waals surface area contributed by atoms with Crippen LogP contribution in [0.1, 0.15) is 54.3 Å². The Balaban J connectivity index is 1.33. The third-order valence-corrected chi connectivity index (χ3v) is 7.35. The average molecular weight is 390 g/mol. The summed E-state index contributed by atoms with van der Waals surface area (Å²) in [5.74, 6) is 2.18. The molecule has 1 spiro atoms. The summed E-state index contributed by atoms with van der Waals surface area (Å²) in [6.07, 6.45) is 8.08. The molecule has 3 aliphatic rings. The van der Waals surface area contributed by atoms with Crippen molar-refractivity contribution < 1.29 is 4.79 Å². The summed E-state index contributed by atoms with van der Waals surface area (Å²) in [6, 6.07) is 7.97. The third kappa shape index (κ3) is 2.63. The number of aromatic nitrogens is 5.